The molecular weight excluding hydrogens is 587 g/mol. The number of fused-ring (bicyclic) bond motifs is 4. The zero-order valence-corrected chi connectivity index (χ0v) is 25.8. The molecule has 0 radical (unpaired) electrons. The molecule has 0 aliphatic heterocycles. The number of nitrogens with zero attached hydrogens (tertiary/aromatic N) is 5. The Morgan fingerprint density at radius 1 is 0.333 bits per heavy atom. The first-order chi connectivity index (χ1) is 23.8. The lowest BCUT2D eigenvalue weighted by Gasteiger charge is -2.13. The van der Waals surface area contributed by atoms with Crippen molar-refractivity contribution >= 4 is 32.6 Å². The molecule has 0 saturated heterocycles. The highest BCUT2D eigenvalue weighted by Gasteiger charge is 2.14. The Balaban J connectivity index is 1.11. The second-order valence-electron chi connectivity index (χ2n) is 11.8. The Morgan fingerprint density at radius 2 is 0.833 bits per heavy atom. The summed E-state index contributed by atoms with van der Waals surface area (Å²) >= 11 is 0. The largest absolute Gasteiger partial charge is 0.254 e. The van der Waals surface area contributed by atoms with Crippen LogP contribution in [0.2, 0.25) is 0 Å². The van der Waals surface area contributed by atoms with E-state index in [1.54, 1.807) is 0 Å². The summed E-state index contributed by atoms with van der Waals surface area (Å²) in [5.74, 6) is 1.94. The second-order valence-corrected chi connectivity index (χ2v) is 11.8. The summed E-state index contributed by atoms with van der Waals surface area (Å²) in [6, 6.07) is 52.1. The van der Waals surface area contributed by atoms with Crippen LogP contribution in [0.15, 0.2) is 164 Å². The fourth-order valence-electron chi connectivity index (χ4n) is 6.42. The fourth-order valence-corrected chi connectivity index (χ4v) is 6.42. The molecule has 0 aliphatic carbocycles. The molecule has 0 bridgehead atoms. The fraction of sp³-hybridized carbons (Fsp3) is 0. The predicted octanol–water partition coefficient (Wildman–Crippen LogP) is 10.5. The monoisotopic (exact) mass is 613 g/mol. The average molecular weight is 614 g/mol. The van der Waals surface area contributed by atoms with Crippen LogP contribution in [0.25, 0.3) is 89.0 Å². The summed E-state index contributed by atoms with van der Waals surface area (Å²) < 4.78 is 0. The molecule has 9 aromatic rings. The van der Waals surface area contributed by atoms with E-state index < -0.39 is 0 Å². The number of hydrogen-bond donors (Lipinski definition) is 0. The van der Waals surface area contributed by atoms with Gasteiger partial charge in [-0.1, -0.05) is 140 Å². The smallest absolute Gasteiger partial charge is 0.164 e. The number of pyridine rings is 2. The van der Waals surface area contributed by atoms with Crippen molar-refractivity contribution in [3.8, 4) is 56.4 Å². The van der Waals surface area contributed by atoms with Crippen molar-refractivity contribution in [1.82, 2.24) is 24.9 Å². The van der Waals surface area contributed by atoms with Crippen molar-refractivity contribution in [3.05, 3.63) is 164 Å². The molecule has 5 heteroatoms. The Hall–Kier alpha value is -6.59. The van der Waals surface area contributed by atoms with Gasteiger partial charge in [-0.15, -0.1) is 0 Å². The Labute approximate surface area is 277 Å². The van der Waals surface area contributed by atoms with Gasteiger partial charge in [-0.2, -0.15) is 0 Å². The van der Waals surface area contributed by atoms with E-state index in [4.69, 9.17) is 19.9 Å². The zero-order chi connectivity index (χ0) is 31.9. The standard InChI is InChI=1S/C43H27N5/c1-3-10-30(11-4-1)41-46-42(31-12-5-2-6-13-31)48-43(47-41)32-20-17-28(18-21-32)35-23-24-36(38-16-8-7-15-37(35)38)34-26-33-22-19-29-14-9-25-44-39(29)40(33)45-27-34/h1-27H. The molecule has 0 atom stereocenters. The van der Waals surface area contributed by atoms with Gasteiger partial charge in [-0.3, -0.25) is 9.97 Å². The summed E-state index contributed by atoms with van der Waals surface area (Å²) in [7, 11) is 0. The van der Waals surface area contributed by atoms with Gasteiger partial charge in [0.05, 0.1) is 11.0 Å². The normalized spacial score (nSPS) is 11.3. The summed E-state index contributed by atoms with van der Waals surface area (Å²) in [5, 5.41) is 4.53. The maximum atomic E-state index is 4.90. The molecule has 3 aromatic heterocycles. The highest BCUT2D eigenvalue weighted by Crippen LogP contribution is 2.37. The first-order valence-corrected chi connectivity index (χ1v) is 15.9. The minimum Gasteiger partial charge on any atom is -0.254 e. The van der Waals surface area contributed by atoms with Gasteiger partial charge in [-0.05, 0) is 39.6 Å². The zero-order valence-electron chi connectivity index (χ0n) is 25.8. The molecule has 0 spiro atoms. The van der Waals surface area contributed by atoms with E-state index in [9.17, 15) is 0 Å². The molecule has 0 saturated carbocycles. The van der Waals surface area contributed by atoms with Crippen molar-refractivity contribution in [1.29, 1.82) is 0 Å². The SMILES string of the molecule is c1ccc(-c2nc(-c3ccccc3)nc(-c3ccc(-c4ccc(-c5cnc6c(ccc7cccnc76)c5)c5ccccc45)cc3)n2)cc1. The van der Waals surface area contributed by atoms with Gasteiger partial charge in [0.15, 0.2) is 17.5 Å². The van der Waals surface area contributed by atoms with Crippen LogP contribution in [0, 0.1) is 0 Å². The van der Waals surface area contributed by atoms with E-state index in [1.165, 1.54) is 10.8 Å². The molecular formula is C43H27N5. The highest BCUT2D eigenvalue weighted by atomic mass is 15.0. The molecule has 0 amide bonds. The molecule has 0 aliphatic rings. The van der Waals surface area contributed by atoms with Crippen LogP contribution in [0.3, 0.4) is 0 Å². The second kappa shape index (κ2) is 11.6. The topological polar surface area (TPSA) is 64.5 Å². The molecule has 0 unspecified atom stereocenters. The molecule has 9 rings (SSSR count). The van der Waals surface area contributed by atoms with E-state index in [-0.39, 0.29) is 0 Å². The van der Waals surface area contributed by atoms with Crippen molar-refractivity contribution < 1.29 is 0 Å². The minimum absolute atomic E-state index is 0.640. The van der Waals surface area contributed by atoms with E-state index in [0.29, 0.717) is 17.5 Å². The number of rotatable bonds is 5. The summed E-state index contributed by atoms with van der Waals surface area (Å²) in [6.45, 7) is 0. The summed E-state index contributed by atoms with van der Waals surface area (Å²) in [4.78, 5) is 24.1. The van der Waals surface area contributed by atoms with E-state index in [1.807, 2.05) is 79.1 Å². The molecule has 48 heavy (non-hydrogen) atoms. The maximum absolute atomic E-state index is 4.90. The number of benzene rings is 6. The van der Waals surface area contributed by atoms with Gasteiger partial charge in [0.2, 0.25) is 0 Å². The van der Waals surface area contributed by atoms with E-state index in [0.717, 1.165) is 60.8 Å². The average Bonchev–Trinajstić information content (AvgIpc) is 3.18. The lowest BCUT2D eigenvalue weighted by Crippen LogP contribution is -2.00. The number of aromatic nitrogens is 5. The van der Waals surface area contributed by atoms with Crippen LogP contribution in [0.4, 0.5) is 0 Å². The van der Waals surface area contributed by atoms with Crippen molar-refractivity contribution in [2.75, 3.05) is 0 Å². The molecule has 6 aromatic carbocycles. The van der Waals surface area contributed by atoms with Gasteiger partial charge in [0.25, 0.3) is 0 Å². The van der Waals surface area contributed by atoms with Crippen LogP contribution < -0.4 is 0 Å². The van der Waals surface area contributed by atoms with E-state index >= 15 is 0 Å². The first kappa shape index (κ1) is 27.7. The van der Waals surface area contributed by atoms with Crippen LogP contribution in [-0.4, -0.2) is 24.9 Å². The third kappa shape index (κ3) is 4.95. The Kier molecular flexibility index (Phi) is 6.72. The summed E-state index contributed by atoms with van der Waals surface area (Å²) in [6.07, 6.45) is 3.79. The quantitative estimate of drug-likeness (QED) is 0.181. The predicted molar refractivity (Wildman–Crippen MR) is 195 cm³/mol. The highest BCUT2D eigenvalue weighted by molar-refractivity contribution is 6.07. The van der Waals surface area contributed by atoms with Gasteiger partial charge in [0.1, 0.15) is 0 Å². The Morgan fingerprint density at radius 3 is 1.46 bits per heavy atom. The van der Waals surface area contributed by atoms with Crippen molar-refractivity contribution in [3.63, 3.8) is 0 Å². The van der Waals surface area contributed by atoms with Gasteiger partial charge in [-0.25, -0.2) is 15.0 Å². The van der Waals surface area contributed by atoms with Crippen molar-refractivity contribution in [2.24, 2.45) is 0 Å². The number of hydrogen-bond acceptors (Lipinski definition) is 5. The lowest BCUT2D eigenvalue weighted by atomic mass is 9.92. The van der Waals surface area contributed by atoms with Gasteiger partial charge < -0.3 is 0 Å². The summed E-state index contributed by atoms with van der Waals surface area (Å²) in [5.41, 5.74) is 9.19. The molecule has 3 heterocycles. The van der Waals surface area contributed by atoms with Crippen molar-refractivity contribution in [2.45, 2.75) is 0 Å². The molecule has 224 valence electrons. The van der Waals surface area contributed by atoms with Crippen LogP contribution in [0.5, 0.6) is 0 Å². The van der Waals surface area contributed by atoms with Crippen LogP contribution >= 0.6 is 0 Å². The third-order valence-electron chi connectivity index (χ3n) is 8.81. The lowest BCUT2D eigenvalue weighted by molar-refractivity contribution is 1.07. The van der Waals surface area contributed by atoms with Gasteiger partial charge >= 0.3 is 0 Å². The molecule has 0 N–H and O–H groups in total. The first-order valence-electron chi connectivity index (χ1n) is 15.9. The van der Waals surface area contributed by atoms with Crippen LogP contribution in [-0.2, 0) is 0 Å². The van der Waals surface area contributed by atoms with E-state index in [2.05, 4.69) is 89.9 Å². The van der Waals surface area contributed by atoms with Gasteiger partial charge in [0, 0.05) is 45.4 Å². The third-order valence-corrected chi connectivity index (χ3v) is 8.81. The Bertz CT molecular complexity index is 2540. The van der Waals surface area contributed by atoms with Crippen LogP contribution in [0.1, 0.15) is 0 Å². The minimum atomic E-state index is 0.640. The molecule has 0 fully saturated rings. The molecule has 5 nitrogen and oxygen atoms in total. The maximum Gasteiger partial charge on any atom is 0.164 e.